The fourth-order valence-electron chi connectivity index (χ4n) is 1.05. The number of methoxy groups -OCH3 is 1. The predicted octanol–water partition coefficient (Wildman–Crippen LogP) is 2.80. The first-order valence-corrected chi connectivity index (χ1v) is 6.07. The highest BCUT2D eigenvalue weighted by Gasteiger charge is 2.15. The molecule has 0 aromatic carbocycles. The quantitative estimate of drug-likeness (QED) is 0.757. The minimum absolute atomic E-state index is 0.0892. The highest BCUT2D eigenvalue weighted by Crippen LogP contribution is 2.24. The molecule has 0 bridgehead atoms. The van der Waals surface area contributed by atoms with Crippen LogP contribution < -0.4 is 4.74 Å². The van der Waals surface area contributed by atoms with E-state index in [1.165, 1.54) is 0 Å². The van der Waals surface area contributed by atoms with Crippen LogP contribution >= 0.6 is 11.8 Å². The average Bonchev–Trinajstić information content (AvgIpc) is 2.25. The van der Waals surface area contributed by atoms with Gasteiger partial charge in [-0.2, -0.15) is 0 Å². The summed E-state index contributed by atoms with van der Waals surface area (Å²) in [5.41, 5.74) is 0.608. The zero-order valence-corrected chi connectivity index (χ0v) is 10.9. The van der Waals surface area contributed by atoms with Gasteiger partial charge in [0, 0.05) is 16.5 Å². The molecule has 1 aromatic heterocycles. The molecule has 0 fully saturated rings. The van der Waals surface area contributed by atoms with Crippen molar-refractivity contribution in [2.75, 3.05) is 12.9 Å². The van der Waals surface area contributed by atoms with Crippen molar-refractivity contribution < 1.29 is 9.53 Å². The number of thioether (sulfide) groups is 1. The van der Waals surface area contributed by atoms with Gasteiger partial charge in [-0.25, -0.2) is 0 Å². The molecule has 1 heterocycles. The molecule has 0 saturated heterocycles. The number of hydrogen-bond donors (Lipinski definition) is 0. The molecule has 16 heavy (non-hydrogen) atoms. The summed E-state index contributed by atoms with van der Waals surface area (Å²) >= 11 is 1.63. The zero-order chi connectivity index (χ0) is 12.2. The van der Waals surface area contributed by atoms with Gasteiger partial charge in [0.15, 0.2) is 5.78 Å². The number of ether oxygens (including phenoxy) is 1. The number of rotatable bonds is 4. The molecule has 4 heteroatoms. The Morgan fingerprint density at radius 1 is 1.44 bits per heavy atom. The maximum Gasteiger partial charge on any atom is 0.174 e. The summed E-state index contributed by atoms with van der Waals surface area (Å²) in [6, 6.07) is 1.72. The Balaban J connectivity index is 2.66. The van der Waals surface area contributed by atoms with Crippen LogP contribution in [0.3, 0.4) is 0 Å². The molecular weight excluding hydrogens is 222 g/mol. The number of hydrogen-bond acceptors (Lipinski definition) is 4. The second-order valence-electron chi connectivity index (χ2n) is 4.44. The second-order valence-corrected chi connectivity index (χ2v) is 6.24. The Morgan fingerprint density at radius 3 is 2.69 bits per heavy atom. The summed E-state index contributed by atoms with van der Waals surface area (Å²) in [5.74, 6) is 1.18. The molecule has 1 aromatic rings. The lowest BCUT2D eigenvalue weighted by Crippen LogP contribution is -2.13. The third-order valence-corrected chi connectivity index (χ3v) is 3.18. The maximum atomic E-state index is 11.8. The minimum atomic E-state index is 0.0892. The monoisotopic (exact) mass is 239 g/mol. The first-order valence-electron chi connectivity index (χ1n) is 5.08. The van der Waals surface area contributed by atoms with Crippen molar-refractivity contribution in [2.24, 2.45) is 0 Å². The minimum Gasteiger partial charge on any atom is -0.495 e. The first-order chi connectivity index (χ1) is 7.42. The van der Waals surface area contributed by atoms with Crippen molar-refractivity contribution in [3.05, 3.63) is 24.0 Å². The van der Waals surface area contributed by atoms with Crippen LogP contribution in [0, 0.1) is 0 Å². The molecule has 0 saturated carbocycles. The van der Waals surface area contributed by atoms with Crippen LogP contribution in [-0.2, 0) is 0 Å². The molecule has 0 aliphatic heterocycles. The van der Waals surface area contributed by atoms with E-state index in [0.717, 1.165) is 0 Å². The van der Waals surface area contributed by atoms with Gasteiger partial charge in [-0.1, -0.05) is 20.8 Å². The Morgan fingerprint density at radius 2 is 2.12 bits per heavy atom. The maximum absolute atomic E-state index is 11.8. The van der Waals surface area contributed by atoms with Crippen LogP contribution in [-0.4, -0.2) is 28.4 Å². The molecule has 1 rings (SSSR count). The molecule has 0 radical (unpaired) electrons. The van der Waals surface area contributed by atoms with Gasteiger partial charge < -0.3 is 4.74 Å². The van der Waals surface area contributed by atoms with Gasteiger partial charge >= 0.3 is 0 Å². The molecule has 0 aliphatic rings. The van der Waals surface area contributed by atoms with Crippen molar-refractivity contribution >= 4 is 17.5 Å². The lowest BCUT2D eigenvalue weighted by Gasteiger charge is -2.16. The van der Waals surface area contributed by atoms with Crippen LogP contribution in [0.5, 0.6) is 5.75 Å². The van der Waals surface area contributed by atoms with Gasteiger partial charge in [0.25, 0.3) is 0 Å². The van der Waals surface area contributed by atoms with Gasteiger partial charge in [0.2, 0.25) is 0 Å². The standard InChI is InChI=1S/C12H17NO2S/c1-12(2,3)16-8-11(14)9-5-10(15-4)7-13-6-9/h5-7H,8H2,1-4H3. The lowest BCUT2D eigenvalue weighted by molar-refractivity contribution is 0.102. The third-order valence-electron chi connectivity index (χ3n) is 1.91. The number of aromatic nitrogens is 1. The van der Waals surface area contributed by atoms with E-state index in [2.05, 4.69) is 25.8 Å². The van der Waals surface area contributed by atoms with E-state index < -0.39 is 0 Å². The van der Waals surface area contributed by atoms with Gasteiger partial charge in [-0.05, 0) is 6.07 Å². The normalized spacial score (nSPS) is 11.2. The van der Waals surface area contributed by atoms with Gasteiger partial charge in [0.1, 0.15) is 5.75 Å². The van der Waals surface area contributed by atoms with E-state index >= 15 is 0 Å². The number of carbonyl (C=O) groups is 1. The summed E-state index contributed by atoms with van der Waals surface area (Å²) in [7, 11) is 1.56. The van der Waals surface area contributed by atoms with Crippen molar-refractivity contribution in [2.45, 2.75) is 25.5 Å². The second kappa shape index (κ2) is 5.34. The van der Waals surface area contributed by atoms with Crippen molar-refractivity contribution in [1.29, 1.82) is 0 Å². The van der Waals surface area contributed by atoms with Gasteiger partial charge in [0.05, 0.1) is 19.1 Å². The molecule has 0 amide bonds. The average molecular weight is 239 g/mol. The first kappa shape index (κ1) is 13.0. The molecule has 0 unspecified atom stereocenters. The van der Waals surface area contributed by atoms with Crippen LogP contribution in [0.2, 0.25) is 0 Å². The van der Waals surface area contributed by atoms with Gasteiger partial charge in [-0.3, -0.25) is 9.78 Å². The summed E-state index contributed by atoms with van der Waals surface area (Å²) in [5, 5.41) is 0. The smallest absolute Gasteiger partial charge is 0.174 e. The van der Waals surface area contributed by atoms with E-state index in [1.807, 2.05) is 0 Å². The molecule has 88 valence electrons. The van der Waals surface area contributed by atoms with Crippen molar-refractivity contribution in [3.63, 3.8) is 0 Å². The number of pyridine rings is 1. The number of carbonyl (C=O) groups excluding carboxylic acids is 1. The van der Waals surface area contributed by atoms with E-state index in [-0.39, 0.29) is 10.5 Å². The Bertz CT molecular complexity index is 372. The highest BCUT2D eigenvalue weighted by atomic mass is 32.2. The third kappa shape index (κ3) is 4.23. The fourth-order valence-corrected chi connectivity index (χ4v) is 1.78. The molecule has 0 spiro atoms. The molecule has 3 nitrogen and oxygen atoms in total. The zero-order valence-electron chi connectivity index (χ0n) is 10.1. The van der Waals surface area contributed by atoms with Gasteiger partial charge in [-0.15, -0.1) is 11.8 Å². The number of ketones is 1. The van der Waals surface area contributed by atoms with E-state index in [4.69, 9.17) is 4.74 Å². The van der Waals surface area contributed by atoms with Crippen LogP contribution in [0.4, 0.5) is 0 Å². The lowest BCUT2D eigenvalue weighted by atomic mass is 10.2. The van der Waals surface area contributed by atoms with Crippen LogP contribution in [0.1, 0.15) is 31.1 Å². The Kier molecular flexibility index (Phi) is 4.35. The predicted molar refractivity (Wildman–Crippen MR) is 67.3 cm³/mol. The van der Waals surface area contributed by atoms with Crippen molar-refractivity contribution in [1.82, 2.24) is 4.98 Å². The topological polar surface area (TPSA) is 39.2 Å². The Labute approximate surface area is 101 Å². The molecule has 0 atom stereocenters. The van der Waals surface area contributed by atoms with E-state index in [1.54, 1.807) is 37.3 Å². The Hall–Kier alpha value is -1.03. The molecule has 0 aliphatic carbocycles. The number of nitrogens with zero attached hydrogens (tertiary/aromatic N) is 1. The van der Waals surface area contributed by atoms with Crippen LogP contribution in [0.15, 0.2) is 18.5 Å². The molecular formula is C12H17NO2S. The summed E-state index contributed by atoms with van der Waals surface area (Å²) in [6.07, 6.45) is 3.17. The van der Waals surface area contributed by atoms with Crippen molar-refractivity contribution in [3.8, 4) is 5.75 Å². The summed E-state index contributed by atoms with van der Waals surface area (Å²) < 4.78 is 5.13. The summed E-state index contributed by atoms with van der Waals surface area (Å²) in [4.78, 5) is 15.8. The van der Waals surface area contributed by atoms with Crippen LogP contribution in [0.25, 0.3) is 0 Å². The molecule has 0 N–H and O–H groups in total. The number of Topliss-reactive ketones (excluding diaryl/α,β-unsaturated/α-hetero) is 1. The summed E-state index contributed by atoms with van der Waals surface area (Å²) in [6.45, 7) is 6.28. The fraction of sp³-hybridized carbons (Fsp3) is 0.500. The van der Waals surface area contributed by atoms with E-state index in [0.29, 0.717) is 17.1 Å². The largest absolute Gasteiger partial charge is 0.495 e. The van der Waals surface area contributed by atoms with E-state index in [9.17, 15) is 4.79 Å². The highest BCUT2D eigenvalue weighted by molar-refractivity contribution is 8.01. The SMILES string of the molecule is COc1cncc(C(=O)CSC(C)(C)C)c1.